The van der Waals surface area contributed by atoms with Crippen molar-refractivity contribution in [1.82, 2.24) is 4.83 Å². The summed E-state index contributed by atoms with van der Waals surface area (Å²) in [5.41, 5.74) is 4.54. The molecule has 5 heteroatoms. The third-order valence-electron chi connectivity index (χ3n) is 4.07. The molecule has 0 atom stereocenters. The monoisotopic (exact) mass is 364 g/mol. The summed E-state index contributed by atoms with van der Waals surface area (Å²) in [6, 6.07) is 24.4. The van der Waals surface area contributed by atoms with Crippen LogP contribution >= 0.6 is 0 Å². The van der Waals surface area contributed by atoms with Gasteiger partial charge in [0.15, 0.2) is 0 Å². The van der Waals surface area contributed by atoms with Crippen LogP contribution in [-0.4, -0.2) is 14.1 Å². The van der Waals surface area contributed by atoms with Gasteiger partial charge >= 0.3 is 0 Å². The van der Waals surface area contributed by atoms with Gasteiger partial charge in [0.1, 0.15) is 0 Å². The fraction of sp³-hybridized carbons (Fsp3) is 0.0952. The number of benzene rings is 3. The molecule has 0 aliphatic rings. The Bertz CT molecular complexity index is 1030. The van der Waals surface area contributed by atoms with Crippen LogP contribution in [0.1, 0.15) is 18.1 Å². The van der Waals surface area contributed by atoms with Gasteiger partial charge in [0.25, 0.3) is 10.0 Å². The predicted molar refractivity (Wildman–Crippen MR) is 106 cm³/mol. The number of hydrazone groups is 1. The number of hydrogen-bond donors (Lipinski definition) is 1. The molecule has 0 radical (unpaired) electrons. The Kier molecular flexibility index (Phi) is 5.19. The molecule has 0 aromatic heterocycles. The lowest BCUT2D eigenvalue weighted by molar-refractivity contribution is 0.584. The lowest BCUT2D eigenvalue weighted by atomic mass is 9.97. The molecule has 0 saturated carbocycles. The van der Waals surface area contributed by atoms with Gasteiger partial charge in [-0.1, -0.05) is 72.3 Å². The summed E-state index contributed by atoms with van der Waals surface area (Å²) in [7, 11) is -3.70. The van der Waals surface area contributed by atoms with Crippen LogP contribution in [0.15, 0.2) is 88.9 Å². The highest BCUT2D eigenvalue weighted by Gasteiger charge is 2.13. The summed E-state index contributed by atoms with van der Waals surface area (Å²) < 4.78 is 24.8. The van der Waals surface area contributed by atoms with Crippen molar-refractivity contribution < 1.29 is 8.42 Å². The van der Waals surface area contributed by atoms with Gasteiger partial charge in [-0.05, 0) is 37.1 Å². The molecule has 0 amide bonds. The first-order valence-electron chi connectivity index (χ1n) is 8.25. The summed E-state index contributed by atoms with van der Waals surface area (Å²) in [5, 5.41) is 4.13. The number of aryl methyl sites for hydroxylation is 1. The van der Waals surface area contributed by atoms with Crippen molar-refractivity contribution >= 4 is 15.7 Å². The fourth-order valence-corrected chi connectivity index (χ4v) is 3.48. The summed E-state index contributed by atoms with van der Waals surface area (Å²) in [6.07, 6.45) is 0. The largest absolute Gasteiger partial charge is 0.276 e. The molecule has 26 heavy (non-hydrogen) atoms. The van der Waals surface area contributed by atoms with Crippen molar-refractivity contribution in [3.8, 4) is 11.1 Å². The zero-order valence-electron chi connectivity index (χ0n) is 14.7. The van der Waals surface area contributed by atoms with Crippen LogP contribution < -0.4 is 4.83 Å². The molecule has 0 saturated heterocycles. The topological polar surface area (TPSA) is 58.5 Å². The Morgan fingerprint density at radius 1 is 0.846 bits per heavy atom. The van der Waals surface area contributed by atoms with Crippen molar-refractivity contribution in [3.63, 3.8) is 0 Å². The molecule has 0 heterocycles. The molecule has 0 aliphatic carbocycles. The average Bonchev–Trinajstić information content (AvgIpc) is 2.67. The Hall–Kier alpha value is -2.92. The van der Waals surface area contributed by atoms with E-state index in [1.165, 1.54) is 0 Å². The van der Waals surface area contributed by atoms with Gasteiger partial charge < -0.3 is 0 Å². The van der Waals surface area contributed by atoms with Gasteiger partial charge in [-0.3, -0.25) is 0 Å². The fourth-order valence-electron chi connectivity index (χ4n) is 2.63. The molecule has 0 spiro atoms. The number of rotatable bonds is 5. The van der Waals surface area contributed by atoms with E-state index in [2.05, 4.69) is 9.93 Å². The maximum Gasteiger partial charge on any atom is 0.276 e. The van der Waals surface area contributed by atoms with Crippen molar-refractivity contribution in [2.75, 3.05) is 0 Å². The van der Waals surface area contributed by atoms with Gasteiger partial charge in [-0.25, -0.2) is 0 Å². The second kappa shape index (κ2) is 7.54. The smallest absolute Gasteiger partial charge is 0.200 e. The minimum Gasteiger partial charge on any atom is -0.200 e. The zero-order chi connectivity index (χ0) is 18.6. The molecule has 0 aliphatic heterocycles. The third kappa shape index (κ3) is 4.00. The Labute approximate surface area is 154 Å². The molecule has 4 nitrogen and oxygen atoms in total. The Morgan fingerprint density at radius 3 is 2.15 bits per heavy atom. The lowest BCUT2D eigenvalue weighted by Crippen LogP contribution is -2.20. The second-order valence-corrected chi connectivity index (χ2v) is 7.68. The third-order valence-corrected chi connectivity index (χ3v) is 5.29. The van der Waals surface area contributed by atoms with E-state index in [4.69, 9.17) is 0 Å². The van der Waals surface area contributed by atoms with Crippen molar-refractivity contribution in [1.29, 1.82) is 0 Å². The van der Waals surface area contributed by atoms with Crippen LogP contribution in [-0.2, 0) is 10.0 Å². The number of hydrogen-bond acceptors (Lipinski definition) is 3. The van der Waals surface area contributed by atoms with E-state index in [0.29, 0.717) is 5.71 Å². The van der Waals surface area contributed by atoms with E-state index >= 15 is 0 Å². The van der Waals surface area contributed by atoms with Crippen molar-refractivity contribution in [2.24, 2.45) is 5.10 Å². The van der Waals surface area contributed by atoms with E-state index in [0.717, 1.165) is 22.3 Å². The first kappa shape index (κ1) is 17.9. The zero-order valence-corrected chi connectivity index (χ0v) is 15.5. The number of nitrogens with one attached hydrogen (secondary N) is 1. The van der Waals surface area contributed by atoms with E-state index in [1.54, 1.807) is 31.2 Å². The van der Waals surface area contributed by atoms with E-state index in [1.807, 2.05) is 61.5 Å². The van der Waals surface area contributed by atoms with Gasteiger partial charge in [0.2, 0.25) is 0 Å². The Balaban J connectivity index is 1.90. The minimum atomic E-state index is -3.70. The number of nitrogens with zero attached hydrogens (tertiary/aromatic N) is 1. The van der Waals surface area contributed by atoms with E-state index in [-0.39, 0.29) is 4.90 Å². The highest BCUT2D eigenvalue weighted by molar-refractivity contribution is 7.89. The summed E-state index contributed by atoms with van der Waals surface area (Å²) >= 11 is 0. The highest BCUT2D eigenvalue weighted by Crippen LogP contribution is 2.24. The second-order valence-electron chi connectivity index (χ2n) is 6.02. The summed E-state index contributed by atoms with van der Waals surface area (Å²) in [4.78, 5) is 2.52. The molecule has 3 aromatic rings. The first-order chi connectivity index (χ1) is 12.5. The Morgan fingerprint density at radius 2 is 1.46 bits per heavy atom. The summed E-state index contributed by atoms with van der Waals surface area (Å²) in [6.45, 7) is 3.70. The lowest BCUT2D eigenvalue weighted by Gasteiger charge is -2.10. The SMILES string of the molecule is C/C(=N\NS(=O)(=O)c1ccc(C)cc1)c1ccccc1-c1ccccc1. The molecule has 0 fully saturated rings. The molecule has 132 valence electrons. The predicted octanol–water partition coefficient (Wildman–Crippen LogP) is 4.36. The van der Waals surface area contributed by atoms with Crippen molar-refractivity contribution in [2.45, 2.75) is 18.7 Å². The van der Waals surface area contributed by atoms with Gasteiger partial charge in [0, 0.05) is 5.56 Å². The average molecular weight is 364 g/mol. The molecule has 3 rings (SSSR count). The molecular weight excluding hydrogens is 344 g/mol. The van der Waals surface area contributed by atoms with Crippen LogP contribution in [0.3, 0.4) is 0 Å². The first-order valence-corrected chi connectivity index (χ1v) is 9.73. The van der Waals surface area contributed by atoms with Gasteiger partial charge in [0.05, 0.1) is 10.6 Å². The minimum absolute atomic E-state index is 0.191. The molecule has 3 aromatic carbocycles. The van der Waals surface area contributed by atoms with Crippen LogP contribution in [0.4, 0.5) is 0 Å². The van der Waals surface area contributed by atoms with Crippen LogP contribution in [0.25, 0.3) is 11.1 Å². The standard InChI is InChI=1S/C21H20N2O2S/c1-16-12-14-19(15-13-16)26(24,25)23-22-17(2)20-10-6-7-11-21(20)18-8-4-3-5-9-18/h3-15,23H,1-2H3/b22-17+. The normalized spacial score (nSPS) is 12.0. The highest BCUT2D eigenvalue weighted by atomic mass is 32.2. The van der Waals surface area contributed by atoms with Gasteiger partial charge in [-0.2, -0.15) is 18.4 Å². The van der Waals surface area contributed by atoms with Crippen LogP contribution in [0.2, 0.25) is 0 Å². The molecular formula is C21H20N2O2S. The maximum atomic E-state index is 12.4. The van der Waals surface area contributed by atoms with Crippen LogP contribution in [0, 0.1) is 6.92 Å². The maximum absolute atomic E-state index is 12.4. The van der Waals surface area contributed by atoms with Crippen LogP contribution in [0.5, 0.6) is 0 Å². The summed E-state index contributed by atoms with van der Waals surface area (Å²) in [5.74, 6) is 0. The quantitative estimate of drug-likeness (QED) is 0.540. The molecule has 1 N–H and O–H groups in total. The number of sulfonamides is 1. The molecule has 0 bridgehead atoms. The van der Waals surface area contributed by atoms with Crippen molar-refractivity contribution in [3.05, 3.63) is 90.0 Å². The van der Waals surface area contributed by atoms with Gasteiger partial charge in [-0.15, -0.1) is 0 Å². The van der Waals surface area contributed by atoms with E-state index < -0.39 is 10.0 Å². The molecule has 0 unspecified atom stereocenters. The van der Waals surface area contributed by atoms with E-state index in [9.17, 15) is 8.42 Å².